The fourth-order valence-corrected chi connectivity index (χ4v) is 4.98. The Morgan fingerprint density at radius 3 is 2.20 bits per heavy atom. The number of rotatable bonds is 7. The summed E-state index contributed by atoms with van der Waals surface area (Å²) in [4.78, 5) is 34.5. The molecule has 14 heteroatoms. The van der Waals surface area contributed by atoms with Crippen LogP contribution in [0.25, 0.3) is 0 Å². The molecule has 0 unspecified atom stereocenters. The van der Waals surface area contributed by atoms with Crippen LogP contribution >= 0.6 is 12.2 Å². The van der Waals surface area contributed by atoms with E-state index >= 15 is 0 Å². The molecule has 0 spiro atoms. The van der Waals surface area contributed by atoms with Gasteiger partial charge >= 0.3 is 0 Å². The van der Waals surface area contributed by atoms with Gasteiger partial charge in [-0.1, -0.05) is 6.42 Å². The highest BCUT2D eigenvalue weighted by Gasteiger charge is 2.26. The van der Waals surface area contributed by atoms with Crippen LogP contribution in [-0.4, -0.2) is 54.2 Å². The third-order valence-electron chi connectivity index (χ3n) is 5.13. The lowest BCUT2D eigenvalue weighted by atomic mass is 10.2. The van der Waals surface area contributed by atoms with Gasteiger partial charge in [0, 0.05) is 36.5 Å². The number of thiocarbonyl (C=S) groups is 1. The lowest BCUT2D eigenvalue weighted by Gasteiger charge is -2.25. The highest BCUT2D eigenvalue weighted by Crippen LogP contribution is 2.21. The molecule has 1 aliphatic rings. The Morgan fingerprint density at radius 1 is 0.971 bits per heavy atom. The van der Waals surface area contributed by atoms with Crippen molar-refractivity contribution in [2.75, 3.05) is 25.0 Å². The van der Waals surface area contributed by atoms with Gasteiger partial charge in [-0.15, -0.1) is 0 Å². The summed E-state index contributed by atoms with van der Waals surface area (Å²) in [5.74, 6) is -1.14. The Kier molecular flexibility index (Phi) is 8.68. The number of nitro benzene ring substituents is 1. The third kappa shape index (κ3) is 7.18. The summed E-state index contributed by atoms with van der Waals surface area (Å²) in [5.41, 5.74) is 5.36. The quantitative estimate of drug-likeness (QED) is 0.241. The molecule has 0 atom stereocenters. The summed E-state index contributed by atoms with van der Waals surface area (Å²) in [7, 11) is -3.59. The number of hydrogen-bond donors (Lipinski definition) is 4. The minimum atomic E-state index is -3.59. The van der Waals surface area contributed by atoms with Crippen molar-refractivity contribution in [3.63, 3.8) is 0 Å². The molecule has 2 amide bonds. The molecule has 2 aromatic carbocycles. The molecule has 0 aromatic heterocycles. The normalized spacial score (nSPS) is 13.9. The number of sulfonamides is 1. The average Bonchev–Trinajstić information content (AvgIpc) is 2.87. The van der Waals surface area contributed by atoms with Crippen molar-refractivity contribution in [2.24, 2.45) is 0 Å². The van der Waals surface area contributed by atoms with Crippen molar-refractivity contribution in [1.29, 1.82) is 0 Å². The van der Waals surface area contributed by atoms with E-state index in [-0.39, 0.29) is 27.8 Å². The lowest BCUT2D eigenvalue weighted by Crippen LogP contribution is -2.47. The van der Waals surface area contributed by atoms with E-state index in [0.29, 0.717) is 18.8 Å². The molecule has 3 rings (SSSR count). The summed E-state index contributed by atoms with van der Waals surface area (Å²) in [5, 5.41) is 15.9. The molecule has 0 bridgehead atoms. The number of nitrogens with zero attached hydrogens (tertiary/aromatic N) is 2. The first-order valence-corrected chi connectivity index (χ1v) is 12.5. The molecule has 0 radical (unpaired) electrons. The predicted octanol–water partition coefficient (Wildman–Crippen LogP) is 1.52. The largest absolute Gasteiger partial charge is 0.343 e. The maximum Gasteiger partial charge on any atom is 0.269 e. The second-order valence-electron chi connectivity index (χ2n) is 7.60. The molecule has 186 valence electrons. The van der Waals surface area contributed by atoms with E-state index in [1.807, 2.05) is 0 Å². The van der Waals surface area contributed by atoms with Gasteiger partial charge in [-0.2, -0.15) is 4.31 Å². The Bertz CT molecular complexity index is 1200. The number of nitrogens with one attached hydrogen (secondary N) is 4. The maximum absolute atomic E-state index is 12.7. The fraction of sp³-hybridized carbons (Fsp3) is 0.286. The minimum absolute atomic E-state index is 0.0315. The fourth-order valence-electron chi connectivity index (χ4n) is 3.29. The molecule has 4 N–H and O–H groups in total. The van der Waals surface area contributed by atoms with Gasteiger partial charge < -0.3 is 10.6 Å². The number of hydrazine groups is 1. The first-order valence-electron chi connectivity index (χ1n) is 10.7. The van der Waals surface area contributed by atoms with Gasteiger partial charge in [-0.25, -0.2) is 8.42 Å². The number of benzene rings is 2. The van der Waals surface area contributed by atoms with Crippen LogP contribution in [0.1, 0.15) is 29.6 Å². The van der Waals surface area contributed by atoms with Crippen molar-refractivity contribution < 1.29 is 22.9 Å². The molecule has 1 heterocycles. The number of nitro groups is 1. The van der Waals surface area contributed by atoms with Gasteiger partial charge in [-0.3, -0.25) is 30.6 Å². The van der Waals surface area contributed by atoms with Crippen molar-refractivity contribution in [3.8, 4) is 0 Å². The van der Waals surface area contributed by atoms with Crippen LogP contribution in [-0.2, 0) is 14.8 Å². The first kappa shape index (κ1) is 26.0. The Labute approximate surface area is 207 Å². The van der Waals surface area contributed by atoms with Crippen molar-refractivity contribution in [3.05, 3.63) is 64.2 Å². The topological polar surface area (TPSA) is 163 Å². The van der Waals surface area contributed by atoms with Crippen molar-refractivity contribution >= 4 is 50.5 Å². The molecule has 1 fully saturated rings. The summed E-state index contributed by atoms with van der Waals surface area (Å²) < 4.78 is 26.8. The molecule has 12 nitrogen and oxygen atoms in total. The van der Waals surface area contributed by atoms with Crippen molar-refractivity contribution in [2.45, 2.75) is 24.2 Å². The van der Waals surface area contributed by atoms with E-state index in [9.17, 15) is 28.1 Å². The zero-order valence-electron chi connectivity index (χ0n) is 18.5. The summed E-state index contributed by atoms with van der Waals surface area (Å²) in [6.07, 6.45) is 2.67. The average molecular weight is 521 g/mol. The number of hydrogen-bond acceptors (Lipinski definition) is 7. The molecule has 1 saturated heterocycles. The van der Waals surface area contributed by atoms with Crippen LogP contribution in [0.5, 0.6) is 0 Å². The first-order chi connectivity index (χ1) is 16.7. The van der Waals surface area contributed by atoms with Crippen LogP contribution in [0.2, 0.25) is 0 Å². The molecule has 1 aliphatic heterocycles. The second-order valence-corrected chi connectivity index (χ2v) is 9.95. The van der Waals surface area contributed by atoms with Crippen LogP contribution in [0.3, 0.4) is 0 Å². The van der Waals surface area contributed by atoms with E-state index in [0.717, 1.165) is 19.3 Å². The van der Waals surface area contributed by atoms with Gasteiger partial charge in [-0.05, 0) is 61.5 Å². The van der Waals surface area contributed by atoms with E-state index < -0.39 is 26.8 Å². The van der Waals surface area contributed by atoms with Gasteiger partial charge in [0.25, 0.3) is 17.5 Å². The monoisotopic (exact) mass is 520 g/mol. The Balaban J connectivity index is 1.43. The molecule has 2 aromatic rings. The molecule has 0 saturated carbocycles. The number of amides is 2. The van der Waals surface area contributed by atoms with Crippen LogP contribution in [0, 0.1) is 10.1 Å². The SMILES string of the molecule is O=C(CNC(=O)c1ccc(S(=O)(=O)N2CCCCC2)cc1)NNC(=S)Nc1ccc([N+](=O)[O-])cc1. The van der Waals surface area contributed by atoms with Gasteiger partial charge in [0.2, 0.25) is 10.0 Å². The molecular weight excluding hydrogens is 496 g/mol. The number of carbonyl (C=O) groups is 2. The van der Waals surface area contributed by atoms with Crippen LogP contribution < -0.4 is 21.5 Å². The number of carbonyl (C=O) groups excluding carboxylic acids is 2. The molecular formula is C21H24N6O6S2. The van der Waals surface area contributed by atoms with Crippen LogP contribution in [0.15, 0.2) is 53.4 Å². The maximum atomic E-state index is 12.7. The third-order valence-corrected chi connectivity index (χ3v) is 7.25. The Morgan fingerprint density at radius 2 is 1.60 bits per heavy atom. The van der Waals surface area contributed by atoms with Gasteiger partial charge in [0.15, 0.2) is 5.11 Å². The summed E-state index contributed by atoms with van der Waals surface area (Å²) >= 11 is 5.03. The lowest BCUT2D eigenvalue weighted by molar-refractivity contribution is -0.384. The number of anilines is 1. The number of non-ortho nitro benzene ring substituents is 1. The zero-order valence-corrected chi connectivity index (χ0v) is 20.2. The minimum Gasteiger partial charge on any atom is -0.343 e. The standard InChI is InChI=1S/C21H24N6O6S2/c28-19(24-25-21(34)23-16-6-8-17(9-7-16)27(30)31)14-22-20(29)15-4-10-18(11-5-15)35(32,33)26-12-2-1-3-13-26/h4-11H,1-3,12-14H2,(H,22,29)(H,24,28)(H2,23,25,34). The smallest absolute Gasteiger partial charge is 0.269 e. The number of piperidine rings is 1. The predicted molar refractivity (Wildman–Crippen MR) is 132 cm³/mol. The van der Waals surface area contributed by atoms with E-state index in [1.165, 1.54) is 52.8 Å². The van der Waals surface area contributed by atoms with E-state index in [1.54, 1.807) is 0 Å². The summed E-state index contributed by atoms with van der Waals surface area (Å²) in [6.45, 7) is 0.612. The van der Waals surface area contributed by atoms with Crippen LogP contribution in [0.4, 0.5) is 11.4 Å². The Hall–Kier alpha value is -3.62. The molecule has 0 aliphatic carbocycles. The molecule has 35 heavy (non-hydrogen) atoms. The highest BCUT2D eigenvalue weighted by atomic mass is 32.2. The van der Waals surface area contributed by atoms with Crippen molar-refractivity contribution in [1.82, 2.24) is 20.5 Å². The van der Waals surface area contributed by atoms with E-state index in [2.05, 4.69) is 21.5 Å². The summed E-state index contributed by atoms with van der Waals surface area (Å²) in [6, 6.07) is 11.1. The van der Waals surface area contributed by atoms with E-state index in [4.69, 9.17) is 12.2 Å². The van der Waals surface area contributed by atoms with Gasteiger partial charge in [0.05, 0.1) is 16.4 Å². The zero-order chi connectivity index (χ0) is 25.4. The van der Waals surface area contributed by atoms with Gasteiger partial charge in [0.1, 0.15) is 0 Å². The second kappa shape index (κ2) is 11.7. The highest BCUT2D eigenvalue weighted by molar-refractivity contribution is 7.89.